The van der Waals surface area contributed by atoms with Gasteiger partial charge in [0.1, 0.15) is 0 Å². The normalized spacial score (nSPS) is 10.8. The average Bonchev–Trinajstić information content (AvgIpc) is 2.89. The zero-order chi connectivity index (χ0) is 13.9. The summed E-state index contributed by atoms with van der Waals surface area (Å²) in [6, 6.07) is 16.1. The highest BCUT2D eigenvalue weighted by molar-refractivity contribution is 7.18. The van der Waals surface area contributed by atoms with E-state index in [-0.39, 0.29) is 5.78 Å². The van der Waals surface area contributed by atoms with Crippen molar-refractivity contribution in [1.29, 1.82) is 0 Å². The van der Waals surface area contributed by atoms with Gasteiger partial charge in [0, 0.05) is 18.4 Å². The lowest BCUT2D eigenvalue weighted by Crippen LogP contribution is -1.96. The van der Waals surface area contributed by atoms with Gasteiger partial charge in [-0.15, -0.1) is 11.3 Å². The first-order chi connectivity index (χ1) is 9.76. The van der Waals surface area contributed by atoms with Crippen molar-refractivity contribution in [3.8, 4) is 0 Å². The van der Waals surface area contributed by atoms with Gasteiger partial charge < -0.3 is 0 Å². The number of carbonyl (C=O) groups is 1. The van der Waals surface area contributed by atoms with Gasteiger partial charge in [0.25, 0.3) is 0 Å². The fraction of sp³-hybridized carbons (Fsp3) is 0.176. The summed E-state index contributed by atoms with van der Waals surface area (Å²) in [5.74, 6) is 0.191. The van der Waals surface area contributed by atoms with Gasteiger partial charge in [0.05, 0.1) is 15.2 Å². The molecule has 0 aliphatic rings. The Morgan fingerprint density at radius 3 is 2.55 bits per heavy atom. The van der Waals surface area contributed by atoms with Crippen LogP contribution in [0.15, 0.2) is 48.5 Å². The molecule has 0 spiro atoms. The van der Waals surface area contributed by atoms with Crippen LogP contribution >= 0.6 is 11.3 Å². The third-order valence-electron chi connectivity index (χ3n) is 3.29. The minimum atomic E-state index is 0.191. The predicted molar refractivity (Wildman–Crippen MR) is 83.5 cm³/mol. The third-order valence-corrected chi connectivity index (χ3v) is 4.33. The van der Waals surface area contributed by atoms with Gasteiger partial charge in [-0.05, 0) is 17.7 Å². The summed E-state index contributed by atoms with van der Waals surface area (Å²) in [7, 11) is 0. The van der Waals surface area contributed by atoms with Crippen molar-refractivity contribution in [2.75, 3.05) is 0 Å². The zero-order valence-electron chi connectivity index (χ0n) is 11.3. The molecule has 1 aromatic heterocycles. The summed E-state index contributed by atoms with van der Waals surface area (Å²) in [5, 5.41) is 1.11. The maximum Gasteiger partial charge on any atom is 0.162 e. The smallest absolute Gasteiger partial charge is 0.162 e. The molecule has 3 aromatic rings. The molecule has 0 saturated heterocycles. The largest absolute Gasteiger partial charge is 0.294 e. The van der Waals surface area contributed by atoms with Crippen molar-refractivity contribution in [3.05, 3.63) is 64.7 Å². The molecular formula is C17H15NOS. The summed E-state index contributed by atoms with van der Waals surface area (Å²) >= 11 is 1.73. The summed E-state index contributed by atoms with van der Waals surface area (Å²) in [5.41, 5.74) is 3.04. The van der Waals surface area contributed by atoms with Gasteiger partial charge in [-0.3, -0.25) is 4.79 Å². The monoisotopic (exact) mass is 281 g/mol. The number of thiazole rings is 1. The minimum absolute atomic E-state index is 0.191. The quantitative estimate of drug-likeness (QED) is 0.660. The van der Waals surface area contributed by atoms with E-state index >= 15 is 0 Å². The molecule has 0 atom stereocenters. The molecule has 2 aromatic carbocycles. The van der Waals surface area contributed by atoms with Gasteiger partial charge in [0.2, 0.25) is 0 Å². The van der Waals surface area contributed by atoms with Crippen LogP contribution in [0.3, 0.4) is 0 Å². The minimum Gasteiger partial charge on any atom is -0.294 e. The van der Waals surface area contributed by atoms with E-state index in [2.05, 4.69) is 11.1 Å². The number of nitrogens with zero attached hydrogens (tertiary/aromatic N) is 1. The molecule has 0 saturated carbocycles. The first-order valence-electron chi connectivity index (χ1n) is 6.73. The van der Waals surface area contributed by atoms with Crippen LogP contribution < -0.4 is 0 Å². The van der Waals surface area contributed by atoms with E-state index < -0.39 is 0 Å². The van der Waals surface area contributed by atoms with Crippen molar-refractivity contribution in [2.45, 2.75) is 19.8 Å². The van der Waals surface area contributed by atoms with Crippen LogP contribution in [0.4, 0.5) is 0 Å². The Balaban J connectivity index is 1.82. The lowest BCUT2D eigenvalue weighted by Gasteiger charge is -2.01. The van der Waals surface area contributed by atoms with E-state index in [0.717, 1.165) is 22.5 Å². The second-order valence-corrected chi connectivity index (χ2v) is 5.84. The van der Waals surface area contributed by atoms with E-state index in [1.165, 1.54) is 10.3 Å². The Hall–Kier alpha value is -2.00. The number of hydrogen-bond acceptors (Lipinski definition) is 3. The van der Waals surface area contributed by atoms with Crippen molar-refractivity contribution in [1.82, 2.24) is 4.98 Å². The van der Waals surface area contributed by atoms with Crippen molar-refractivity contribution in [2.24, 2.45) is 0 Å². The predicted octanol–water partition coefficient (Wildman–Crippen LogP) is 4.48. The zero-order valence-corrected chi connectivity index (χ0v) is 12.1. The van der Waals surface area contributed by atoms with E-state index in [0.29, 0.717) is 6.42 Å². The van der Waals surface area contributed by atoms with E-state index in [1.54, 1.807) is 11.3 Å². The van der Waals surface area contributed by atoms with E-state index in [4.69, 9.17) is 0 Å². The molecule has 100 valence electrons. The number of Topliss-reactive ketones (excluding diaryl/α,β-unsaturated/α-hetero) is 1. The van der Waals surface area contributed by atoms with Crippen molar-refractivity contribution >= 4 is 27.3 Å². The van der Waals surface area contributed by atoms with Crippen LogP contribution in [0.5, 0.6) is 0 Å². The second kappa shape index (κ2) is 5.55. The van der Waals surface area contributed by atoms with Gasteiger partial charge in [-0.1, -0.05) is 43.3 Å². The molecular weight excluding hydrogens is 266 g/mol. The maximum absolute atomic E-state index is 11.6. The molecule has 0 amide bonds. The van der Waals surface area contributed by atoms with E-state index in [9.17, 15) is 4.79 Å². The van der Waals surface area contributed by atoms with Crippen molar-refractivity contribution in [3.63, 3.8) is 0 Å². The number of benzene rings is 2. The van der Waals surface area contributed by atoms with Crippen LogP contribution in [0.2, 0.25) is 0 Å². The Kier molecular flexibility index (Phi) is 3.61. The highest BCUT2D eigenvalue weighted by atomic mass is 32.1. The van der Waals surface area contributed by atoms with Gasteiger partial charge in [-0.2, -0.15) is 0 Å². The Labute approximate surface area is 122 Å². The molecule has 0 aliphatic heterocycles. The van der Waals surface area contributed by atoms with Gasteiger partial charge >= 0.3 is 0 Å². The molecule has 0 unspecified atom stereocenters. The molecule has 0 aliphatic carbocycles. The molecule has 0 fully saturated rings. The maximum atomic E-state index is 11.6. The Bertz CT molecular complexity index is 710. The number of fused-ring (bicyclic) bond motifs is 1. The molecule has 0 bridgehead atoms. The number of ketones is 1. The number of rotatable bonds is 4. The standard InChI is InChI=1S/C17H15NOS/c1-2-15(19)13-9-7-12(8-10-13)11-17-18-14-5-3-4-6-16(14)20-17/h3-10H,2,11H2,1H3. The molecule has 2 nitrogen and oxygen atoms in total. The average molecular weight is 281 g/mol. The van der Waals surface area contributed by atoms with E-state index in [1.807, 2.05) is 49.4 Å². The number of para-hydroxylation sites is 1. The van der Waals surface area contributed by atoms with Crippen LogP contribution in [-0.2, 0) is 6.42 Å². The summed E-state index contributed by atoms with van der Waals surface area (Å²) in [6.07, 6.45) is 1.37. The van der Waals surface area contributed by atoms with Crippen LogP contribution in [0.25, 0.3) is 10.2 Å². The lowest BCUT2D eigenvalue weighted by atomic mass is 10.1. The van der Waals surface area contributed by atoms with Crippen LogP contribution in [-0.4, -0.2) is 10.8 Å². The summed E-state index contributed by atoms with van der Waals surface area (Å²) < 4.78 is 1.22. The molecule has 1 heterocycles. The molecule has 3 heteroatoms. The van der Waals surface area contributed by atoms with Gasteiger partial charge in [0.15, 0.2) is 5.78 Å². The van der Waals surface area contributed by atoms with Crippen LogP contribution in [0, 0.1) is 0 Å². The molecule has 3 rings (SSSR count). The Morgan fingerprint density at radius 2 is 1.85 bits per heavy atom. The number of aromatic nitrogens is 1. The summed E-state index contributed by atoms with van der Waals surface area (Å²) in [6.45, 7) is 1.89. The second-order valence-electron chi connectivity index (χ2n) is 4.73. The molecule has 0 radical (unpaired) electrons. The van der Waals surface area contributed by atoms with Crippen LogP contribution in [0.1, 0.15) is 34.3 Å². The Morgan fingerprint density at radius 1 is 1.10 bits per heavy atom. The summed E-state index contributed by atoms with van der Waals surface area (Å²) in [4.78, 5) is 16.2. The molecule has 0 N–H and O–H groups in total. The van der Waals surface area contributed by atoms with Gasteiger partial charge in [-0.25, -0.2) is 4.98 Å². The first-order valence-corrected chi connectivity index (χ1v) is 7.54. The van der Waals surface area contributed by atoms with Crippen molar-refractivity contribution < 1.29 is 4.79 Å². The molecule has 20 heavy (non-hydrogen) atoms. The first kappa shape index (κ1) is 13.0. The number of carbonyl (C=O) groups excluding carboxylic acids is 1. The topological polar surface area (TPSA) is 30.0 Å². The fourth-order valence-electron chi connectivity index (χ4n) is 2.18. The SMILES string of the molecule is CCC(=O)c1ccc(Cc2nc3ccccc3s2)cc1. The lowest BCUT2D eigenvalue weighted by molar-refractivity contribution is 0.0988. The fourth-order valence-corrected chi connectivity index (χ4v) is 3.18. The highest BCUT2D eigenvalue weighted by Gasteiger charge is 2.06. The highest BCUT2D eigenvalue weighted by Crippen LogP contribution is 2.23. The number of hydrogen-bond donors (Lipinski definition) is 0. The third kappa shape index (κ3) is 2.63.